The molecule has 2 aromatic rings. The summed E-state index contributed by atoms with van der Waals surface area (Å²) in [5, 5.41) is 9.63. The summed E-state index contributed by atoms with van der Waals surface area (Å²) in [6.45, 7) is 3.81. The lowest BCUT2D eigenvalue weighted by molar-refractivity contribution is -0.143. The first kappa shape index (κ1) is 19.0. The zero-order valence-electron chi connectivity index (χ0n) is 14.2. The van der Waals surface area contributed by atoms with E-state index in [-0.39, 0.29) is 11.7 Å². The molecule has 4 nitrogen and oxygen atoms in total. The Kier molecular flexibility index (Phi) is 6.59. The van der Waals surface area contributed by atoms with Gasteiger partial charge in [0.15, 0.2) is 5.78 Å². The van der Waals surface area contributed by atoms with E-state index in [4.69, 9.17) is 21.4 Å². The molecule has 0 saturated heterocycles. The maximum absolute atomic E-state index is 12.3. The molecule has 0 radical (unpaired) electrons. The molecule has 0 spiro atoms. The number of carboxylic acid groups (broad SMARTS) is 1. The van der Waals surface area contributed by atoms with Crippen molar-refractivity contribution in [2.75, 3.05) is 6.61 Å². The highest BCUT2D eigenvalue weighted by Gasteiger charge is 2.19. The molecular weight excluding hydrogens is 340 g/mol. The zero-order valence-corrected chi connectivity index (χ0v) is 15.0. The Morgan fingerprint density at radius 2 is 1.64 bits per heavy atom. The molecular formula is C20H21ClO4. The van der Waals surface area contributed by atoms with Gasteiger partial charge in [0, 0.05) is 22.9 Å². The van der Waals surface area contributed by atoms with Gasteiger partial charge in [-0.3, -0.25) is 9.59 Å². The van der Waals surface area contributed by atoms with Gasteiger partial charge >= 0.3 is 5.97 Å². The summed E-state index contributed by atoms with van der Waals surface area (Å²) in [6.07, 6.45) is 0.310. The minimum Gasteiger partial charge on any atom is -0.493 e. The number of ketones is 1. The van der Waals surface area contributed by atoms with E-state index in [1.54, 1.807) is 43.3 Å². The third-order valence-electron chi connectivity index (χ3n) is 4.21. The molecule has 2 aromatic carbocycles. The SMILES string of the molecule is CC(COc1ccc(C(=O)Cc2ccc(Cl)cc2)cc1)C(C)C(=O)O. The second-order valence-corrected chi connectivity index (χ2v) is 6.60. The fourth-order valence-corrected chi connectivity index (χ4v) is 2.37. The molecule has 0 fully saturated rings. The number of benzene rings is 2. The van der Waals surface area contributed by atoms with Gasteiger partial charge in [0.2, 0.25) is 0 Å². The average Bonchev–Trinajstić information content (AvgIpc) is 2.61. The Bertz CT molecular complexity index is 722. The summed E-state index contributed by atoms with van der Waals surface area (Å²) in [4.78, 5) is 23.2. The summed E-state index contributed by atoms with van der Waals surface area (Å²) >= 11 is 5.84. The highest BCUT2D eigenvalue weighted by atomic mass is 35.5. The molecule has 2 unspecified atom stereocenters. The smallest absolute Gasteiger partial charge is 0.306 e. The van der Waals surface area contributed by atoms with Crippen LogP contribution in [0.3, 0.4) is 0 Å². The molecule has 0 heterocycles. The van der Waals surface area contributed by atoms with Crippen molar-refractivity contribution in [3.63, 3.8) is 0 Å². The third kappa shape index (κ3) is 5.61. The summed E-state index contributed by atoms with van der Waals surface area (Å²) in [7, 11) is 0. The molecule has 0 aliphatic rings. The van der Waals surface area contributed by atoms with Crippen LogP contribution in [-0.4, -0.2) is 23.5 Å². The molecule has 0 aliphatic carbocycles. The molecule has 1 N–H and O–H groups in total. The van der Waals surface area contributed by atoms with Crippen molar-refractivity contribution in [1.29, 1.82) is 0 Å². The van der Waals surface area contributed by atoms with Crippen LogP contribution >= 0.6 is 11.6 Å². The quantitative estimate of drug-likeness (QED) is 0.704. The predicted molar refractivity (Wildman–Crippen MR) is 97.4 cm³/mol. The highest BCUT2D eigenvalue weighted by Crippen LogP contribution is 2.18. The summed E-state index contributed by atoms with van der Waals surface area (Å²) in [6, 6.07) is 14.1. The Morgan fingerprint density at radius 3 is 2.20 bits per heavy atom. The van der Waals surface area contributed by atoms with Crippen LogP contribution in [0.15, 0.2) is 48.5 Å². The van der Waals surface area contributed by atoms with E-state index in [1.165, 1.54) is 0 Å². The second-order valence-electron chi connectivity index (χ2n) is 6.17. The monoisotopic (exact) mass is 360 g/mol. The Morgan fingerprint density at radius 1 is 1.04 bits per heavy atom. The first-order valence-electron chi connectivity index (χ1n) is 8.10. The largest absolute Gasteiger partial charge is 0.493 e. The average molecular weight is 361 g/mol. The van der Waals surface area contributed by atoms with Gasteiger partial charge in [-0.15, -0.1) is 0 Å². The van der Waals surface area contributed by atoms with Crippen LogP contribution in [0, 0.1) is 11.8 Å². The van der Waals surface area contributed by atoms with Gasteiger partial charge in [-0.1, -0.05) is 37.6 Å². The maximum Gasteiger partial charge on any atom is 0.306 e. The Balaban J connectivity index is 1.91. The lowest BCUT2D eigenvalue weighted by Gasteiger charge is -2.16. The molecule has 0 amide bonds. The molecule has 132 valence electrons. The van der Waals surface area contributed by atoms with Crippen LogP contribution in [0.4, 0.5) is 0 Å². The lowest BCUT2D eigenvalue weighted by atomic mass is 9.97. The topological polar surface area (TPSA) is 63.6 Å². The summed E-state index contributed by atoms with van der Waals surface area (Å²) in [5.41, 5.74) is 1.51. The van der Waals surface area contributed by atoms with Crippen LogP contribution in [-0.2, 0) is 11.2 Å². The van der Waals surface area contributed by atoms with Crippen molar-refractivity contribution < 1.29 is 19.4 Å². The maximum atomic E-state index is 12.3. The molecule has 0 bridgehead atoms. The number of carbonyl (C=O) groups excluding carboxylic acids is 1. The second kappa shape index (κ2) is 8.67. The van der Waals surface area contributed by atoms with Crippen molar-refractivity contribution in [2.24, 2.45) is 11.8 Å². The molecule has 2 rings (SSSR count). The van der Waals surface area contributed by atoms with E-state index in [0.29, 0.717) is 29.4 Å². The van der Waals surface area contributed by atoms with E-state index in [1.807, 2.05) is 19.1 Å². The standard InChI is InChI=1S/C20H21ClO4/c1-13(14(2)20(23)24)12-25-18-9-5-16(6-10-18)19(22)11-15-3-7-17(21)8-4-15/h3-10,13-14H,11-12H2,1-2H3,(H,23,24). The van der Waals surface area contributed by atoms with Crippen LogP contribution in [0.5, 0.6) is 5.75 Å². The van der Waals surface area contributed by atoms with Gasteiger partial charge in [0.05, 0.1) is 12.5 Å². The van der Waals surface area contributed by atoms with Crippen molar-refractivity contribution >= 4 is 23.4 Å². The van der Waals surface area contributed by atoms with E-state index in [9.17, 15) is 9.59 Å². The minimum absolute atomic E-state index is 0.0155. The molecule has 2 atom stereocenters. The lowest BCUT2D eigenvalue weighted by Crippen LogP contribution is -2.23. The van der Waals surface area contributed by atoms with Gasteiger partial charge in [0.25, 0.3) is 0 Å². The Labute approximate surface area is 152 Å². The van der Waals surface area contributed by atoms with Crippen molar-refractivity contribution in [2.45, 2.75) is 20.3 Å². The van der Waals surface area contributed by atoms with Gasteiger partial charge in [0.1, 0.15) is 5.75 Å². The number of carboxylic acids is 1. The van der Waals surface area contributed by atoms with E-state index < -0.39 is 11.9 Å². The van der Waals surface area contributed by atoms with Gasteiger partial charge < -0.3 is 9.84 Å². The number of Topliss-reactive ketones (excluding diaryl/α,β-unsaturated/α-hetero) is 1. The Hall–Kier alpha value is -2.33. The van der Waals surface area contributed by atoms with Crippen LogP contribution < -0.4 is 4.74 Å². The van der Waals surface area contributed by atoms with Gasteiger partial charge in [-0.2, -0.15) is 0 Å². The highest BCUT2D eigenvalue weighted by molar-refractivity contribution is 6.30. The van der Waals surface area contributed by atoms with Crippen molar-refractivity contribution in [1.82, 2.24) is 0 Å². The third-order valence-corrected chi connectivity index (χ3v) is 4.46. The summed E-state index contributed by atoms with van der Waals surface area (Å²) in [5.74, 6) is -0.780. The molecule has 5 heteroatoms. The molecule has 0 aromatic heterocycles. The molecule has 0 aliphatic heterocycles. The van der Waals surface area contributed by atoms with Gasteiger partial charge in [-0.05, 0) is 42.0 Å². The van der Waals surface area contributed by atoms with E-state index >= 15 is 0 Å². The number of carbonyl (C=O) groups is 2. The number of halogens is 1. The van der Waals surface area contributed by atoms with Crippen LogP contribution in [0.1, 0.15) is 29.8 Å². The minimum atomic E-state index is -0.834. The first-order valence-corrected chi connectivity index (χ1v) is 8.48. The fourth-order valence-electron chi connectivity index (χ4n) is 2.24. The normalized spacial score (nSPS) is 13.1. The van der Waals surface area contributed by atoms with Gasteiger partial charge in [-0.25, -0.2) is 0 Å². The summed E-state index contributed by atoms with van der Waals surface area (Å²) < 4.78 is 5.62. The van der Waals surface area contributed by atoms with Crippen molar-refractivity contribution in [3.05, 3.63) is 64.7 Å². The van der Waals surface area contributed by atoms with Crippen LogP contribution in [0.25, 0.3) is 0 Å². The van der Waals surface area contributed by atoms with Crippen LogP contribution in [0.2, 0.25) is 5.02 Å². The van der Waals surface area contributed by atoms with E-state index in [2.05, 4.69) is 0 Å². The van der Waals surface area contributed by atoms with Crippen molar-refractivity contribution in [3.8, 4) is 5.75 Å². The number of hydrogen-bond acceptors (Lipinski definition) is 3. The molecule has 25 heavy (non-hydrogen) atoms. The molecule has 0 saturated carbocycles. The predicted octanol–water partition coefficient (Wildman–Crippen LogP) is 4.50. The first-order chi connectivity index (χ1) is 11.9. The number of aliphatic carboxylic acids is 1. The number of ether oxygens (including phenoxy) is 1. The van der Waals surface area contributed by atoms with E-state index in [0.717, 1.165) is 5.56 Å². The number of hydrogen-bond donors (Lipinski definition) is 1. The zero-order chi connectivity index (χ0) is 18.4. The number of rotatable bonds is 8. The fraction of sp³-hybridized carbons (Fsp3) is 0.300.